The molecule has 0 radical (unpaired) electrons. The molecule has 0 aromatic heterocycles. The fourth-order valence-corrected chi connectivity index (χ4v) is 3.78. The SMILES string of the molecule is COc1cccc2c1Oc1ccccc1C2C1CCCC1=O. The van der Waals surface area contributed by atoms with Crippen LogP contribution in [0.1, 0.15) is 36.3 Å². The summed E-state index contributed by atoms with van der Waals surface area (Å²) in [6.45, 7) is 0. The van der Waals surface area contributed by atoms with E-state index in [1.165, 1.54) is 0 Å². The number of rotatable bonds is 2. The molecule has 3 heteroatoms. The quantitative estimate of drug-likeness (QED) is 0.828. The van der Waals surface area contributed by atoms with Gasteiger partial charge in [-0.15, -0.1) is 0 Å². The van der Waals surface area contributed by atoms with Crippen molar-refractivity contribution in [3.8, 4) is 17.2 Å². The van der Waals surface area contributed by atoms with Crippen molar-refractivity contribution in [2.24, 2.45) is 5.92 Å². The van der Waals surface area contributed by atoms with Crippen LogP contribution in [0, 0.1) is 5.92 Å². The van der Waals surface area contributed by atoms with Crippen molar-refractivity contribution in [3.05, 3.63) is 53.6 Å². The molecule has 2 aromatic rings. The minimum Gasteiger partial charge on any atom is -0.493 e. The maximum Gasteiger partial charge on any atom is 0.173 e. The molecule has 22 heavy (non-hydrogen) atoms. The molecule has 0 bridgehead atoms. The first-order valence-electron chi connectivity index (χ1n) is 7.76. The van der Waals surface area contributed by atoms with E-state index < -0.39 is 0 Å². The normalized spacial score (nSPS) is 22.7. The van der Waals surface area contributed by atoms with Crippen LogP contribution in [0.5, 0.6) is 17.2 Å². The standard InChI is InChI=1S/C19H18O3/c1-21-17-11-5-8-14-18(12-7-4-9-15(12)20)13-6-2-3-10-16(13)22-19(14)17/h2-3,5-6,8,10-12,18H,4,7,9H2,1H3. The highest BCUT2D eigenvalue weighted by Gasteiger charge is 2.39. The third-order valence-electron chi connectivity index (χ3n) is 4.78. The van der Waals surface area contributed by atoms with Gasteiger partial charge in [0.1, 0.15) is 11.5 Å². The second-order valence-corrected chi connectivity index (χ2v) is 5.96. The van der Waals surface area contributed by atoms with E-state index in [9.17, 15) is 4.79 Å². The molecule has 2 aliphatic rings. The van der Waals surface area contributed by atoms with Gasteiger partial charge in [-0.3, -0.25) is 4.79 Å². The molecule has 1 heterocycles. The lowest BCUT2D eigenvalue weighted by Gasteiger charge is -2.32. The number of hydrogen-bond donors (Lipinski definition) is 0. The van der Waals surface area contributed by atoms with Crippen LogP contribution in [0.15, 0.2) is 42.5 Å². The topological polar surface area (TPSA) is 35.5 Å². The van der Waals surface area contributed by atoms with Gasteiger partial charge < -0.3 is 9.47 Å². The van der Waals surface area contributed by atoms with E-state index in [1.807, 2.05) is 30.3 Å². The Labute approximate surface area is 129 Å². The van der Waals surface area contributed by atoms with Crippen LogP contribution >= 0.6 is 0 Å². The molecule has 112 valence electrons. The molecule has 0 spiro atoms. The molecule has 0 amide bonds. The molecule has 2 atom stereocenters. The second kappa shape index (κ2) is 5.16. The summed E-state index contributed by atoms with van der Waals surface area (Å²) >= 11 is 0. The van der Waals surface area contributed by atoms with Crippen LogP contribution in [0.4, 0.5) is 0 Å². The molecule has 1 fully saturated rings. The van der Waals surface area contributed by atoms with Gasteiger partial charge in [-0.25, -0.2) is 0 Å². The molecule has 2 unspecified atom stereocenters. The van der Waals surface area contributed by atoms with Crippen molar-refractivity contribution in [2.45, 2.75) is 25.2 Å². The molecular formula is C19H18O3. The van der Waals surface area contributed by atoms with E-state index in [4.69, 9.17) is 9.47 Å². The summed E-state index contributed by atoms with van der Waals surface area (Å²) in [6.07, 6.45) is 2.64. The summed E-state index contributed by atoms with van der Waals surface area (Å²) in [5.41, 5.74) is 2.18. The maximum atomic E-state index is 12.4. The monoisotopic (exact) mass is 294 g/mol. The van der Waals surface area contributed by atoms with Crippen LogP contribution in [0.25, 0.3) is 0 Å². The third-order valence-corrected chi connectivity index (χ3v) is 4.78. The van der Waals surface area contributed by atoms with E-state index in [1.54, 1.807) is 7.11 Å². The number of carbonyl (C=O) groups is 1. The Kier molecular flexibility index (Phi) is 3.14. The zero-order valence-corrected chi connectivity index (χ0v) is 12.5. The first-order chi connectivity index (χ1) is 10.8. The van der Waals surface area contributed by atoms with Crippen molar-refractivity contribution in [2.75, 3.05) is 7.11 Å². The Morgan fingerprint density at radius 3 is 2.68 bits per heavy atom. The van der Waals surface area contributed by atoms with Gasteiger partial charge in [-0.2, -0.15) is 0 Å². The van der Waals surface area contributed by atoms with Gasteiger partial charge >= 0.3 is 0 Å². The number of ether oxygens (including phenoxy) is 2. The predicted molar refractivity (Wildman–Crippen MR) is 83.7 cm³/mol. The van der Waals surface area contributed by atoms with E-state index >= 15 is 0 Å². The summed E-state index contributed by atoms with van der Waals surface area (Å²) in [5.74, 6) is 2.82. The van der Waals surface area contributed by atoms with E-state index in [0.29, 0.717) is 12.2 Å². The van der Waals surface area contributed by atoms with Crippen molar-refractivity contribution < 1.29 is 14.3 Å². The average molecular weight is 294 g/mol. The molecule has 1 aliphatic carbocycles. The third kappa shape index (κ3) is 1.92. The Bertz CT molecular complexity index is 735. The van der Waals surface area contributed by atoms with Gasteiger partial charge in [-0.05, 0) is 25.0 Å². The summed E-state index contributed by atoms with van der Waals surface area (Å²) in [4.78, 5) is 12.4. The van der Waals surface area contributed by atoms with Gasteiger partial charge in [0.15, 0.2) is 11.5 Å². The average Bonchev–Trinajstić information content (AvgIpc) is 2.97. The van der Waals surface area contributed by atoms with Gasteiger partial charge in [0.2, 0.25) is 0 Å². The molecule has 4 rings (SSSR count). The largest absolute Gasteiger partial charge is 0.493 e. The Morgan fingerprint density at radius 2 is 1.91 bits per heavy atom. The van der Waals surface area contributed by atoms with Crippen LogP contribution < -0.4 is 9.47 Å². The van der Waals surface area contributed by atoms with Crippen molar-refractivity contribution in [3.63, 3.8) is 0 Å². The molecule has 1 aliphatic heterocycles. The summed E-state index contributed by atoms with van der Waals surface area (Å²) in [7, 11) is 1.65. The lowest BCUT2D eigenvalue weighted by Crippen LogP contribution is -2.22. The molecule has 3 nitrogen and oxygen atoms in total. The fourth-order valence-electron chi connectivity index (χ4n) is 3.78. The number of Topliss-reactive ketones (excluding diaryl/α,β-unsaturated/α-hetero) is 1. The zero-order valence-electron chi connectivity index (χ0n) is 12.5. The molecule has 1 saturated carbocycles. The van der Waals surface area contributed by atoms with Crippen LogP contribution in [0.2, 0.25) is 0 Å². The number of methoxy groups -OCH3 is 1. The highest BCUT2D eigenvalue weighted by atomic mass is 16.5. The highest BCUT2D eigenvalue weighted by molar-refractivity contribution is 5.85. The Morgan fingerprint density at radius 1 is 1.09 bits per heavy atom. The van der Waals surface area contributed by atoms with E-state index in [0.717, 1.165) is 41.2 Å². The van der Waals surface area contributed by atoms with Crippen LogP contribution in [-0.2, 0) is 4.79 Å². The predicted octanol–water partition coefficient (Wildman–Crippen LogP) is 4.30. The van der Waals surface area contributed by atoms with E-state index in [-0.39, 0.29) is 11.8 Å². The highest BCUT2D eigenvalue weighted by Crippen LogP contribution is 2.52. The van der Waals surface area contributed by atoms with Gasteiger partial charge in [0.05, 0.1) is 7.11 Å². The lowest BCUT2D eigenvalue weighted by atomic mass is 9.77. The van der Waals surface area contributed by atoms with Crippen molar-refractivity contribution in [1.82, 2.24) is 0 Å². The number of hydrogen-bond acceptors (Lipinski definition) is 3. The van der Waals surface area contributed by atoms with Gasteiger partial charge in [0.25, 0.3) is 0 Å². The van der Waals surface area contributed by atoms with E-state index in [2.05, 4.69) is 12.1 Å². The number of benzene rings is 2. The number of para-hydroxylation sites is 2. The summed E-state index contributed by atoms with van der Waals surface area (Å²) in [6, 6.07) is 14.0. The smallest absolute Gasteiger partial charge is 0.173 e. The number of carbonyl (C=O) groups excluding carboxylic acids is 1. The minimum atomic E-state index is 0.0518. The van der Waals surface area contributed by atoms with Crippen molar-refractivity contribution in [1.29, 1.82) is 0 Å². The lowest BCUT2D eigenvalue weighted by molar-refractivity contribution is -0.121. The van der Waals surface area contributed by atoms with Gasteiger partial charge in [-0.1, -0.05) is 30.3 Å². The summed E-state index contributed by atoms with van der Waals surface area (Å²) < 4.78 is 11.5. The van der Waals surface area contributed by atoms with Crippen LogP contribution in [-0.4, -0.2) is 12.9 Å². The van der Waals surface area contributed by atoms with Crippen LogP contribution in [0.3, 0.4) is 0 Å². The first kappa shape index (κ1) is 13.4. The first-order valence-corrected chi connectivity index (χ1v) is 7.76. The molecular weight excluding hydrogens is 276 g/mol. The maximum absolute atomic E-state index is 12.4. The second-order valence-electron chi connectivity index (χ2n) is 5.96. The Balaban J connectivity index is 1.92. The Hall–Kier alpha value is -2.29. The number of ketones is 1. The summed E-state index contributed by atoms with van der Waals surface area (Å²) in [5, 5.41) is 0. The number of fused-ring (bicyclic) bond motifs is 2. The molecule has 2 aromatic carbocycles. The minimum absolute atomic E-state index is 0.0518. The zero-order chi connectivity index (χ0) is 15.1. The van der Waals surface area contributed by atoms with Gasteiger partial charge in [0, 0.05) is 29.4 Å². The fraction of sp³-hybridized carbons (Fsp3) is 0.316. The molecule has 0 N–H and O–H groups in total. The molecule has 0 saturated heterocycles. The van der Waals surface area contributed by atoms with Crippen molar-refractivity contribution >= 4 is 5.78 Å².